The summed E-state index contributed by atoms with van der Waals surface area (Å²) in [7, 11) is 1.76. The molecule has 0 bridgehead atoms. The second-order valence-electron chi connectivity index (χ2n) is 2.58. The zero-order chi connectivity index (χ0) is 10.4. The molecule has 0 atom stereocenters. The SMILES string of the molecule is CNCc1cncc(OCC(F)F)n1. The van der Waals surface area contributed by atoms with Gasteiger partial charge >= 0.3 is 0 Å². The molecule has 0 saturated heterocycles. The van der Waals surface area contributed by atoms with Gasteiger partial charge in [-0.3, -0.25) is 4.98 Å². The topological polar surface area (TPSA) is 47.0 Å². The van der Waals surface area contributed by atoms with Crippen molar-refractivity contribution in [2.75, 3.05) is 13.7 Å². The van der Waals surface area contributed by atoms with Gasteiger partial charge in [0.15, 0.2) is 6.61 Å². The Hall–Kier alpha value is -1.30. The average molecular weight is 203 g/mol. The average Bonchev–Trinajstić information content (AvgIpc) is 2.16. The Labute approximate surface area is 80.3 Å². The molecule has 6 heteroatoms. The molecule has 0 amide bonds. The minimum Gasteiger partial charge on any atom is -0.470 e. The maximum absolute atomic E-state index is 11.8. The zero-order valence-electron chi connectivity index (χ0n) is 7.70. The highest BCUT2D eigenvalue weighted by molar-refractivity contribution is 5.08. The highest BCUT2D eigenvalue weighted by atomic mass is 19.3. The molecule has 4 nitrogen and oxygen atoms in total. The number of hydrogen-bond donors (Lipinski definition) is 1. The third-order valence-corrected chi connectivity index (χ3v) is 1.38. The van der Waals surface area contributed by atoms with Gasteiger partial charge in [0.2, 0.25) is 5.88 Å². The van der Waals surface area contributed by atoms with Crippen LogP contribution in [0, 0.1) is 0 Å². The van der Waals surface area contributed by atoms with Crippen molar-refractivity contribution in [2.45, 2.75) is 13.0 Å². The molecule has 0 aromatic carbocycles. The van der Waals surface area contributed by atoms with Gasteiger partial charge in [0.05, 0.1) is 11.9 Å². The lowest BCUT2D eigenvalue weighted by Crippen LogP contribution is -2.11. The Morgan fingerprint density at radius 3 is 2.93 bits per heavy atom. The summed E-state index contributed by atoms with van der Waals surface area (Å²) in [6.45, 7) is -0.128. The van der Waals surface area contributed by atoms with Crippen molar-refractivity contribution in [3.05, 3.63) is 18.1 Å². The Morgan fingerprint density at radius 2 is 2.29 bits per heavy atom. The van der Waals surface area contributed by atoms with Crippen molar-refractivity contribution < 1.29 is 13.5 Å². The quantitative estimate of drug-likeness (QED) is 0.770. The normalized spacial score (nSPS) is 10.6. The van der Waals surface area contributed by atoms with Crippen LogP contribution < -0.4 is 10.1 Å². The lowest BCUT2D eigenvalue weighted by Gasteiger charge is -2.05. The van der Waals surface area contributed by atoms with Crippen LogP contribution in [0.15, 0.2) is 12.4 Å². The van der Waals surface area contributed by atoms with Gasteiger partial charge in [0.1, 0.15) is 0 Å². The first-order chi connectivity index (χ1) is 6.72. The molecule has 78 valence electrons. The first-order valence-electron chi connectivity index (χ1n) is 4.09. The van der Waals surface area contributed by atoms with Crippen LogP contribution in [-0.4, -0.2) is 30.0 Å². The van der Waals surface area contributed by atoms with Gasteiger partial charge in [0, 0.05) is 12.7 Å². The number of nitrogens with zero attached hydrogens (tertiary/aromatic N) is 2. The number of rotatable bonds is 5. The molecule has 1 heterocycles. The highest BCUT2D eigenvalue weighted by Crippen LogP contribution is 2.06. The van der Waals surface area contributed by atoms with E-state index in [0.29, 0.717) is 12.2 Å². The summed E-state index contributed by atoms with van der Waals surface area (Å²) in [6.07, 6.45) is 0.359. The van der Waals surface area contributed by atoms with Crippen molar-refractivity contribution in [1.82, 2.24) is 15.3 Å². The number of hydrogen-bond acceptors (Lipinski definition) is 4. The summed E-state index contributed by atoms with van der Waals surface area (Å²) < 4.78 is 28.3. The van der Waals surface area contributed by atoms with E-state index in [-0.39, 0.29) is 5.88 Å². The third-order valence-electron chi connectivity index (χ3n) is 1.38. The summed E-state index contributed by atoms with van der Waals surface area (Å²) in [6, 6.07) is 0. The van der Waals surface area contributed by atoms with Crippen LogP contribution in [0.5, 0.6) is 5.88 Å². The largest absolute Gasteiger partial charge is 0.470 e. The van der Waals surface area contributed by atoms with Gasteiger partial charge in [-0.25, -0.2) is 13.8 Å². The fraction of sp³-hybridized carbons (Fsp3) is 0.500. The number of nitrogens with one attached hydrogen (secondary N) is 1. The van der Waals surface area contributed by atoms with E-state index in [4.69, 9.17) is 4.74 Å². The molecule has 0 aliphatic rings. The van der Waals surface area contributed by atoms with Crippen molar-refractivity contribution in [3.8, 4) is 5.88 Å². The lowest BCUT2D eigenvalue weighted by atomic mass is 10.4. The molecule has 0 spiro atoms. The highest BCUT2D eigenvalue weighted by Gasteiger charge is 2.05. The van der Waals surface area contributed by atoms with E-state index >= 15 is 0 Å². The molecule has 0 aliphatic heterocycles. The smallest absolute Gasteiger partial charge is 0.272 e. The van der Waals surface area contributed by atoms with E-state index in [9.17, 15) is 8.78 Å². The van der Waals surface area contributed by atoms with Gasteiger partial charge in [-0.15, -0.1) is 0 Å². The van der Waals surface area contributed by atoms with Crippen LogP contribution in [0.2, 0.25) is 0 Å². The van der Waals surface area contributed by atoms with Crippen LogP contribution in [-0.2, 0) is 6.54 Å². The molecule has 1 aromatic heterocycles. The van der Waals surface area contributed by atoms with Crippen LogP contribution in [0.25, 0.3) is 0 Å². The molecule has 0 unspecified atom stereocenters. The molecule has 0 fully saturated rings. The van der Waals surface area contributed by atoms with E-state index < -0.39 is 13.0 Å². The summed E-state index contributed by atoms with van der Waals surface area (Å²) >= 11 is 0. The maximum Gasteiger partial charge on any atom is 0.272 e. The number of aromatic nitrogens is 2. The number of halogens is 2. The first kappa shape index (κ1) is 10.8. The fourth-order valence-corrected chi connectivity index (χ4v) is 0.871. The Bertz CT molecular complexity index is 283. The predicted octanol–water partition coefficient (Wildman–Crippen LogP) is 0.840. The molecule has 0 saturated carbocycles. The van der Waals surface area contributed by atoms with Crippen molar-refractivity contribution >= 4 is 0 Å². The molecular weight excluding hydrogens is 192 g/mol. The Balaban J connectivity index is 2.54. The summed E-state index contributed by atoms with van der Waals surface area (Å²) in [5, 5.41) is 2.87. The first-order valence-corrected chi connectivity index (χ1v) is 4.09. The molecule has 0 radical (unpaired) electrons. The molecule has 1 rings (SSSR count). The van der Waals surface area contributed by atoms with E-state index in [1.54, 1.807) is 13.2 Å². The summed E-state index contributed by atoms with van der Waals surface area (Å²) in [5.74, 6) is 0.123. The minimum absolute atomic E-state index is 0.123. The second kappa shape index (κ2) is 5.43. The number of ether oxygens (including phenoxy) is 1. The predicted molar refractivity (Wildman–Crippen MR) is 46.3 cm³/mol. The molecule has 0 aliphatic carbocycles. The lowest BCUT2D eigenvalue weighted by molar-refractivity contribution is 0.0792. The van der Waals surface area contributed by atoms with Crippen molar-refractivity contribution in [3.63, 3.8) is 0 Å². The van der Waals surface area contributed by atoms with Crippen LogP contribution in [0.3, 0.4) is 0 Å². The van der Waals surface area contributed by atoms with Gasteiger partial charge in [-0.1, -0.05) is 0 Å². The summed E-state index contributed by atoms with van der Waals surface area (Å²) in [4.78, 5) is 7.76. The van der Waals surface area contributed by atoms with Crippen LogP contribution >= 0.6 is 0 Å². The Morgan fingerprint density at radius 1 is 1.50 bits per heavy atom. The van der Waals surface area contributed by atoms with Gasteiger partial charge in [-0.2, -0.15) is 0 Å². The second-order valence-corrected chi connectivity index (χ2v) is 2.58. The van der Waals surface area contributed by atoms with E-state index in [1.807, 2.05) is 0 Å². The fourth-order valence-electron chi connectivity index (χ4n) is 0.871. The van der Waals surface area contributed by atoms with Crippen molar-refractivity contribution in [1.29, 1.82) is 0 Å². The molecule has 14 heavy (non-hydrogen) atoms. The maximum atomic E-state index is 11.8. The van der Waals surface area contributed by atoms with E-state index in [1.165, 1.54) is 6.20 Å². The monoisotopic (exact) mass is 203 g/mol. The minimum atomic E-state index is -2.50. The van der Waals surface area contributed by atoms with E-state index in [0.717, 1.165) is 0 Å². The third kappa shape index (κ3) is 3.61. The molecule has 1 N–H and O–H groups in total. The Kier molecular flexibility index (Phi) is 4.18. The number of alkyl halides is 2. The van der Waals surface area contributed by atoms with E-state index in [2.05, 4.69) is 15.3 Å². The summed E-state index contributed by atoms with van der Waals surface area (Å²) in [5.41, 5.74) is 0.652. The van der Waals surface area contributed by atoms with Crippen molar-refractivity contribution in [2.24, 2.45) is 0 Å². The molecular formula is C8H11F2N3O. The van der Waals surface area contributed by atoms with Gasteiger partial charge in [0.25, 0.3) is 6.43 Å². The van der Waals surface area contributed by atoms with Crippen LogP contribution in [0.4, 0.5) is 8.78 Å². The van der Waals surface area contributed by atoms with Gasteiger partial charge < -0.3 is 10.1 Å². The molecule has 1 aromatic rings. The van der Waals surface area contributed by atoms with Crippen LogP contribution in [0.1, 0.15) is 5.69 Å². The van der Waals surface area contributed by atoms with Gasteiger partial charge in [-0.05, 0) is 7.05 Å². The zero-order valence-corrected chi connectivity index (χ0v) is 7.70. The standard InChI is InChI=1S/C8H11F2N3O/c1-11-2-6-3-12-4-8(13-6)14-5-7(9)10/h3-4,7,11H,2,5H2,1H3.